The van der Waals surface area contributed by atoms with Crippen molar-refractivity contribution < 1.29 is 8.78 Å². The number of nitrogens with zero attached hydrogens (tertiary/aromatic N) is 1. The van der Waals surface area contributed by atoms with Crippen LogP contribution in [-0.4, -0.2) is 11.5 Å². The van der Waals surface area contributed by atoms with Crippen LogP contribution < -0.4 is 5.32 Å². The van der Waals surface area contributed by atoms with Crippen LogP contribution in [0.1, 0.15) is 49.9 Å². The van der Waals surface area contributed by atoms with Crippen LogP contribution in [0.3, 0.4) is 0 Å². The zero-order valence-corrected chi connectivity index (χ0v) is 20.7. The smallest absolute Gasteiger partial charge is 0.134 e. The third kappa shape index (κ3) is 5.50. The van der Waals surface area contributed by atoms with Gasteiger partial charge in [0.05, 0.1) is 0 Å². The Morgan fingerprint density at radius 2 is 1.61 bits per heavy atom. The third-order valence-electron chi connectivity index (χ3n) is 6.05. The molecule has 2 nitrogen and oxygen atoms in total. The highest BCUT2D eigenvalue weighted by Crippen LogP contribution is 2.39. The molecule has 174 valence electrons. The summed E-state index contributed by atoms with van der Waals surface area (Å²) >= 11 is 0. The molecular formula is C29H34F2N2. The fourth-order valence-electron chi connectivity index (χ4n) is 4.21. The van der Waals surface area contributed by atoms with Crippen LogP contribution >= 0.6 is 0 Å². The third-order valence-corrected chi connectivity index (χ3v) is 6.05. The van der Waals surface area contributed by atoms with Crippen LogP contribution in [0.4, 0.5) is 14.6 Å². The van der Waals surface area contributed by atoms with E-state index in [0.29, 0.717) is 41.1 Å². The van der Waals surface area contributed by atoms with Crippen molar-refractivity contribution in [1.29, 1.82) is 0 Å². The van der Waals surface area contributed by atoms with Gasteiger partial charge in [-0.2, -0.15) is 0 Å². The van der Waals surface area contributed by atoms with E-state index in [4.69, 9.17) is 0 Å². The van der Waals surface area contributed by atoms with E-state index >= 15 is 4.39 Å². The van der Waals surface area contributed by atoms with E-state index in [0.717, 1.165) is 28.1 Å². The van der Waals surface area contributed by atoms with E-state index in [2.05, 4.69) is 30.2 Å². The lowest BCUT2D eigenvalue weighted by atomic mass is 9.86. The number of anilines is 1. The molecule has 1 N–H and O–H groups in total. The number of rotatable bonds is 7. The van der Waals surface area contributed by atoms with E-state index in [1.54, 1.807) is 19.2 Å². The van der Waals surface area contributed by atoms with E-state index in [-0.39, 0.29) is 11.6 Å². The lowest BCUT2D eigenvalue weighted by molar-refractivity contribution is 0.574. The van der Waals surface area contributed by atoms with Crippen molar-refractivity contribution in [1.82, 2.24) is 4.98 Å². The summed E-state index contributed by atoms with van der Waals surface area (Å²) in [5, 5.41) is 3.24. The number of pyridine rings is 1. The minimum Gasteiger partial charge on any atom is -0.367 e. The first-order valence-electron chi connectivity index (χ1n) is 11.5. The molecule has 0 fully saturated rings. The first-order valence-corrected chi connectivity index (χ1v) is 11.5. The highest BCUT2D eigenvalue weighted by atomic mass is 19.1. The highest BCUT2D eigenvalue weighted by molar-refractivity contribution is 5.80. The Hall–Kier alpha value is -3.01. The average molecular weight is 449 g/mol. The molecule has 0 saturated carbocycles. The Morgan fingerprint density at radius 3 is 2.18 bits per heavy atom. The van der Waals surface area contributed by atoms with Gasteiger partial charge in [0.25, 0.3) is 0 Å². The van der Waals surface area contributed by atoms with Gasteiger partial charge in [-0.1, -0.05) is 37.6 Å². The molecular weight excluding hydrogens is 414 g/mol. The number of benzene rings is 2. The summed E-state index contributed by atoms with van der Waals surface area (Å²) in [7, 11) is 0. The molecule has 3 rings (SSSR count). The van der Waals surface area contributed by atoms with Crippen molar-refractivity contribution in [2.45, 2.75) is 54.9 Å². The van der Waals surface area contributed by atoms with Gasteiger partial charge < -0.3 is 5.32 Å². The monoisotopic (exact) mass is 448 g/mol. The standard InChI is InChI=1S/C29H34F2N2/c1-17(2)12-13-32-26-11-10-24(16-33-26)28-20(6)19(5)27(21(7)29(28)31)23-9-8-22(14-18(3)4)25(30)15-23/h8-12,15-16,18H,13-14H2,1-7H3,(H,32,33). The van der Waals surface area contributed by atoms with Gasteiger partial charge in [-0.15, -0.1) is 0 Å². The maximum absolute atomic E-state index is 15.7. The highest BCUT2D eigenvalue weighted by Gasteiger charge is 2.21. The normalized spacial score (nSPS) is 11.1. The second kappa shape index (κ2) is 10.3. The number of hydrogen-bond acceptors (Lipinski definition) is 2. The van der Waals surface area contributed by atoms with Crippen molar-refractivity contribution in [3.63, 3.8) is 0 Å². The van der Waals surface area contributed by atoms with Crippen molar-refractivity contribution >= 4 is 5.82 Å². The second-order valence-corrected chi connectivity index (χ2v) is 9.44. The molecule has 0 aliphatic carbocycles. The van der Waals surface area contributed by atoms with Gasteiger partial charge in [0.15, 0.2) is 0 Å². The van der Waals surface area contributed by atoms with Gasteiger partial charge in [0.2, 0.25) is 0 Å². The zero-order valence-electron chi connectivity index (χ0n) is 20.7. The first-order chi connectivity index (χ1) is 15.6. The van der Waals surface area contributed by atoms with E-state index in [9.17, 15) is 4.39 Å². The topological polar surface area (TPSA) is 24.9 Å². The van der Waals surface area contributed by atoms with Crippen LogP contribution in [0, 0.1) is 38.3 Å². The molecule has 0 bridgehead atoms. The molecule has 4 heteroatoms. The quantitative estimate of drug-likeness (QED) is 0.369. The molecule has 3 aromatic rings. The summed E-state index contributed by atoms with van der Waals surface area (Å²) in [6.45, 7) is 14.6. The van der Waals surface area contributed by atoms with Crippen molar-refractivity contribution in [2.24, 2.45) is 5.92 Å². The van der Waals surface area contributed by atoms with Crippen LogP contribution in [0.25, 0.3) is 22.3 Å². The fraction of sp³-hybridized carbons (Fsp3) is 0.345. The predicted molar refractivity (Wildman–Crippen MR) is 136 cm³/mol. The summed E-state index contributed by atoms with van der Waals surface area (Å²) in [6, 6.07) is 9.04. The molecule has 0 radical (unpaired) electrons. The molecule has 0 spiro atoms. The van der Waals surface area contributed by atoms with E-state index in [1.807, 2.05) is 52.0 Å². The zero-order chi connectivity index (χ0) is 24.3. The number of halogens is 2. The Balaban J connectivity index is 2.00. The summed E-state index contributed by atoms with van der Waals surface area (Å²) in [6.07, 6.45) is 4.47. The van der Waals surface area contributed by atoms with Crippen LogP contribution in [0.15, 0.2) is 48.2 Å². The van der Waals surface area contributed by atoms with Crippen LogP contribution in [0.5, 0.6) is 0 Å². The van der Waals surface area contributed by atoms with Crippen LogP contribution in [-0.2, 0) is 6.42 Å². The second-order valence-electron chi connectivity index (χ2n) is 9.44. The van der Waals surface area contributed by atoms with E-state index in [1.165, 1.54) is 5.57 Å². The first kappa shape index (κ1) is 24.6. The Morgan fingerprint density at radius 1 is 0.939 bits per heavy atom. The summed E-state index contributed by atoms with van der Waals surface area (Å²) in [4.78, 5) is 4.46. The molecule has 0 amide bonds. The van der Waals surface area contributed by atoms with Crippen LogP contribution in [0.2, 0.25) is 0 Å². The predicted octanol–water partition coefficient (Wildman–Crippen LogP) is 8.20. The molecule has 2 aromatic carbocycles. The maximum atomic E-state index is 15.7. The minimum atomic E-state index is -0.285. The van der Waals surface area contributed by atoms with Gasteiger partial charge in [0, 0.05) is 23.9 Å². The molecule has 33 heavy (non-hydrogen) atoms. The van der Waals surface area contributed by atoms with E-state index < -0.39 is 0 Å². The maximum Gasteiger partial charge on any atom is 0.134 e. The summed E-state index contributed by atoms with van der Waals surface area (Å²) in [5.41, 5.74) is 6.99. The number of aromatic nitrogens is 1. The van der Waals surface area contributed by atoms with Crippen molar-refractivity contribution in [3.05, 3.63) is 82.1 Å². The Labute approximate surface area is 196 Å². The van der Waals surface area contributed by atoms with Gasteiger partial charge in [-0.25, -0.2) is 13.8 Å². The summed E-state index contributed by atoms with van der Waals surface area (Å²) < 4.78 is 30.4. The van der Waals surface area contributed by atoms with Gasteiger partial charge in [-0.05, 0) is 98.5 Å². The number of hydrogen-bond donors (Lipinski definition) is 1. The molecule has 1 heterocycles. The lowest BCUT2D eigenvalue weighted by Gasteiger charge is -2.19. The molecule has 0 atom stereocenters. The van der Waals surface area contributed by atoms with Gasteiger partial charge in [0.1, 0.15) is 17.5 Å². The molecule has 0 aliphatic heterocycles. The molecule has 0 aliphatic rings. The SMILES string of the molecule is CC(C)=CCNc1ccc(-c2c(C)c(C)c(-c3ccc(CC(C)C)c(F)c3)c(C)c2F)cn1. The van der Waals surface area contributed by atoms with Crippen molar-refractivity contribution in [2.75, 3.05) is 11.9 Å². The van der Waals surface area contributed by atoms with Gasteiger partial charge >= 0.3 is 0 Å². The summed E-state index contributed by atoms with van der Waals surface area (Å²) in [5.74, 6) is 0.598. The Bertz CT molecular complexity index is 1140. The molecule has 0 saturated heterocycles. The molecule has 0 unspecified atom stereocenters. The van der Waals surface area contributed by atoms with Gasteiger partial charge in [-0.3, -0.25) is 0 Å². The lowest BCUT2D eigenvalue weighted by Crippen LogP contribution is -2.03. The fourth-order valence-corrected chi connectivity index (χ4v) is 4.21. The largest absolute Gasteiger partial charge is 0.367 e. The molecule has 1 aromatic heterocycles. The number of nitrogens with one attached hydrogen (secondary N) is 1. The Kier molecular flexibility index (Phi) is 7.68. The minimum absolute atomic E-state index is 0.234. The van der Waals surface area contributed by atoms with Crippen molar-refractivity contribution in [3.8, 4) is 22.3 Å². The number of allylic oxidation sites excluding steroid dienone is 1. The average Bonchev–Trinajstić information content (AvgIpc) is 2.75.